The summed E-state index contributed by atoms with van der Waals surface area (Å²) in [5, 5.41) is 5.48. The topological polar surface area (TPSA) is 0 Å². The zero-order chi connectivity index (χ0) is 34.5. The molecule has 0 nitrogen and oxygen atoms in total. The van der Waals surface area contributed by atoms with E-state index in [-0.39, 0.29) is 10.8 Å². The van der Waals surface area contributed by atoms with Gasteiger partial charge in [-0.2, -0.15) is 17.7 Å². The van der Waals surface area contributed by atoms with Crippen molar-refractivity contribution < 1.29 is 23.9 Å². The molecule has 0 saturated carbocycles. The molecule has 0 heterocycles. The van der Waals surface area contributed by atoms with Gasteiger partial charge in [-0.15, -0.1) is 51.4 Å². The van der Waals surface area contributed by atoms with E-state index in [0.29, 0.717) is 0 Å². The maximum absolute atomic E-state index is 3.36. The average Bonchev–Trinajstić information content (AvgIpc) is 3.73. The Morgan fingerprint density at radius 1 is 0.604 bits per heavy atom. The molecule has 0 bridgehead atoms. The van der Waals surface area contributed by atoms with E-state index in [0.717, 1.165) is 30.3 Å². The van der Waals surface area contributed by atoms with Gasteiger partial charge in [-0.25, -0.2) is 0 Å². The Bertz CT molecular complexity index is 1940. The van der Waals surface area contributed by atoms with Crippen molar-refractivity contribution in [3.63, 3.8) is 0 Å². The second-order valence-electron chi connectivity index (χ2n) is 14.8. The number of aryl methyl sites for hydroxylation is 2. The van der Waals surface area contributed by atoms with E-state index in [2.05, 4.69) is 195 Å². The number of fused-ring (bicyclic) bond motifs is 3. The van der Waals surface area contributed by atoms with Gasteiger partial charge in [0, 0.05) is 0 Å². The predicted molar refractivity (Wildman–Crippen MR) is 207 cm³/mol. The Morgan fingerprint density at radius 2 is 1.06 bits per heavy atom. The molecule has 0 aliphatic heterocycles. The van der Waals surface area contributed by atoms with Crippen LogP contribution < -0.4 is 0 Å². The maximum atomic E-state index is 3.36. The van der Waals surface area contributed by atoms with Crippen LogP contribution in [-0.4, -0.2) is 3.26 Å². The van der Waals surface area contributed by atoms with E-state index in [1.165, 1.54) is 69.3 Å². The quantitative estimate of drug-likeness (QED) is 0.124. The van der Waals surface area contributed by atoms with E-state index in [1.807, 2.05) is 0 Å². The van der Waals surface area contributed by atoms with Gasteiger partial charge >= 0.3 is 98.9 Å². The van der Waals surface area contributed by atoms with E-state index < -0.39 is 0 Å². The number of benzene rings is 5. The van der Waals surface area contributed by atoms with Crippen LogP contribution in [0.15, 0.2) is 133 Å². The van der Waals surface area contributed by atoms with Crippen LogP contribution in [0.3, 0.4) is 0 Å². The van der Waals surface area contributed by atoms with Gasteiger partial charge in [0.2, 0.25) is 0 Å². The molecule has 1 aliphatic rings. The monoisotopic (exact) mass is 792 g/mol. The van der Waals surface area contributed by atoms with Crippen molar-refractivity contribution in [1.82, 2.24) is 0 Å². The molecule has 1 aliphatic carbocycles. The van der Waals surface area contributed by atoms with Gasteiger partial charge in [-0.1, -0.05) is 127 Å². The summed E-state index contributed by atoms with van der Waals surface area (Å²) in [4.78, 5) is 0. The summed E-state index contributed by atoms with van der Waals surface area (Å²) < 4.78 is 1.46. The molecule has 0 spiro atoms. The van der Waals surface area contributed by atoms with Crippen LogP contribution in [-0.2, 0) is 34.7 Å². The van der Waals surface area contributed by atoms with Crippen LogP contribution in [0.1, 0.15) is 86.9 Å². The number of rotatable bonds is 3. The first-order valence-corrected chi connectivity index (χ1v) is 18.8. The van der Waals surface area contributed by atoms with E-state index in [4.69, 9.17) is 0 Å². The second-order valence-corrected chi connectivity index (χ2v) is 16.6. The first-order valence-electron chi connectivity index (χ1n) is 17.0. The third-order valence-corrected chi connectivity index (χ3v) is 11.1. The van der Waals surface area contributed by atoms with Gasteiger partial charge < -0.3 is 0 Å². The third-order valence-electron chi connectivity index (χ3n) is 9.01. The Kier molecular flexibility index (Phi) is 11.2. The fourth-order valence-corrected chi connectivity index (χ4v) is 7.34. The molecule has 0 radical (unpaired) electrons. The van der Waals surface area contributed by atoms with Crippen molar-refractivity contribution in [2.75, 3.05) is 0 Å². The molecule has 0 unspecified atom stereocenters. The molecule has 48 heavy (non-hydrogen) atoms. The summed E-state index contributed by atoms with van der Waals surface area (Å²) >= 11 is 1.08. The Morgan fingerprint density at radius 3 is 1.46 bits per heavy atom. The standard InChI is InChI=1S/C21H25.C13H13.C13H10.Hf/c1-20(2,3)16-7-9-18-14(12-16)11-15-13-17(21(4,5)6)8-10-19(15)18;1-10-6-5-7-11(2)13(10)12-8-3-4-9-12;1-3-7-12(8-4-1)11-13-9-5-2-6-10-13;/h7-13H,1-6H3;3,5-8H,4H2,1-2H3;1-10H;/q2*-1;;+2. The second kappa shape index (κ2) is 15.2. The van der Waals surface area contributed by atoms with Gasteiger partial charge in [-0.3, -0.25) is 0 Å². The van der Waals surface area contributed by atoms with Crippen molar-refractivity contribution >= 4 is 30.4 Å². The number of allylic oxidation sites excluding steroid dienone is 4. The number of hydrogen-bond donors (Lipinski definition) is 0. The summed E-state index contributed by atoms with van der Waals surface area (Å²) in [6.07, 6.45) is 8.64. The van der Waals surface area contributed by atoms with Crippen molar-refractivity contribution in [3.8, 4) is 0 Å². The Labute approximate surface area is 303 Å². The fourth-order valence-electron chi connectivity index (χ4n) is 6.15. The predicted octanol–water partition coefficient (Wildman–Crippen LogP) is 12.6. The minimum absolute atomic E-state index is 0.203. The normalized spacial score (nSPS) is 12.7. The van der Waals surface area contributed by atoms with Crippen LogP contribution >= 0.6 is 0 Å². The Hall–Kier alpha value is -3.81. The van der Waals surface area contributed by atoms with Gasteiger partial charge in [-0.05, 0) is 10.8 Å². The van der Waals surface area contributed by atoms with Gasteiger partial charge in [0.1, 0.15) is 0 Å². The molecule has 0 atom stereocenters. The molecule has 7 rings (SSSR count). The molecule has 0 N–H and O–H groups in total. The average molecular weight is 791 g/mol. The molecular formula is C47H48Hf. The van der Waals surface area contributed by atoms with Crippen molar-refractivity contribution in [2.45, 2.75) is 72.6 Å². The Balaban J connectivity index is 0.000000147. The molecule has 0 amide bonds. The van der Waals surface area contributed by atoms with Crippen LogP contribution in [0.5, 0.6) is 0 Å². The minimum atomic E-state index is 0.203. The molecule has 0 aromatic heterocycles. The summed E-state index contributed by atoms with van der Waals surface area (Å²) in [7, 11) is 0. The van der Waals surface area contributed by atoms with Crippen LogP contribution in [0.4, 0.5) is 0 Å². The van der Waals surface area contributed by atoms with E-state index in [9.17, 15) is 0 Å². The molecule has 6 aromatic carbocycles. The SMILES string of the molecule is CC(C)(C)c1ccc2c(c1)[cH-]c1cc(C(C)(C)C)ccc12.Cc1cccc(C)c1C1=[C-]CC=C1.[Hf+2]=[C](c1ccccc1)c1ccccc1. The van der Waals surface area contributed by atoms with Crippen molar-refractivity contribution in [1.29, 1.82) is 0 Å². The van der Waals surface area contributed by atoms with Gasteiger partial charge in [0.25, 0.3) is 0 Å². The van der Waals surface area contributed by atoms with Crippen LogP contribution in [0, 0.1) is 19.9 Å². The molecule has 1 heteroatoms. The van der Waals surface area contributed by atoms with E-state index in [1.54, 1.807) is 0 Å². The first kappa shape index (κ1) is 35.5. The van der Waals surface area contributed by atoms with Gasteiger partial charge in [0.05, 0.1) is 0 Å². The number of hydrogen-bond acceptors (Lipinski definition) is 0. The summed E-state index contributed by atoms with van der Waals surface area (Å²) in [5.74, 6) is 0. The van der Waals surface area contributed by atoms with Crippen molar-refractivity contribution in [3.05, 3.63) is 178 Å². The zero-order valence-corrected chi connectivity index (χ0v) is 33.5. The molecule has 0 fully saturated rings. The molecule has 6 aromatic rings. The van der Waals surface area contributed by atoms with Crippen LogP contribution in [0.25, 0.3) is 27.1 Å². The van der Waals surface area contributed by atoms with E-state index >= 15 is 0 Å². The molecule has 0 saturated heterocycles. The molecular weight excluding hydrogens is 743 g/mol. The van der Waals surface area contributed by atoms with Crippen LogP contribution in [0.2, 0.25) is 0 Å². The summed E-state index contributed by atoms with van der Waals surface area (Å²) in [6, 6.07) is 43.8. The third kappa shape index (κ3) is 8.61. The summed E-state index contributed by atoms with van der Waals surface area (Å²) in [6.45, 7) is 17.9. The zero-order valence-electron chi connectivity index (χ0n) is 29.9. The molecule has 240 valence electrons. The van der Waals surface area contributed by atoms with Crippen molar-refractivity contribution in [2.24, 2.45) is 0 Å². The van der Waals surface area contributed by atoms with Gasteiger partial charge in [0.15, 0.2) is 0 Å². The fraction of sp³-hybridized carbons (Fsp3) is 0.234. The summed E-state index contributed by atoms with van der Waals surface area (Å²) in [5.41, 5.74) is 11.2. The first-order chi connectivity index (χ1) is 22.8.